The molecular formula is C11H17NO. The number of hydrogen-bond donors (Lipinski definition) is 2. The van der Waals surface area contributed by atoms with Crippen molar-refractivity contribution in [2.75, 3.05) is 6.54 Å². The van der Waals surface area contributed by atoms with Gasteiger partial charge in [-0.3, -0.25) is 0 Å². The van der Waals surface area contributed by atoms with E-state index in [-0.39, 0.29) is 6.54 Å². The quantitative estimate of drug-likeness (QED) is 0.724. The summed E-state index contributed by atoms with van der Waals surface area (Å²) < 4.78 is 0. The first-order chi connectivity index (χ1) is 6.06. The van der Waals surface area contributed by atoms with Crippen molar-refractivity contribution < 1.29 is 5.11 Å². The van der Waals surface area contributed by atoms with Crippen LogP contribution in [0.5, 0.6) is 0 Å². The molecule has 0 heterocycles. The summed E-state index contributed by atoms with van der Waals surface area (Å²) in [5.74, 6) is 0. The van der Waals surface area contributed by atoms with E-state index in [1.807, 2.05) is 19.9 Å². The number of nitrogens with two attached hydrogens (primary N) is 1. The van der Waals surface area contributed by atoms with Crippen LogP contribution in [0.15, 0.2) is 12.1 Å². The highest BCUT2D eigenvalue weighted by atomic mass is 16.3. The van der Waals surface area contributed by atoms with Gasteiger partial charge in [-0.1, -0.05) is 12.1 Å². The number of aliphatic hydroxyl groups is 1. The summed E-state index contributed by atoms with van der Waals surface area (Å²) in [6, 6.07) is 4.10. The summed E-state index contributed by atoms with van der Waals surface area (Å²) in [7, 11) is 0. The largest absolute Gasteiger partial charge is 0.387 e. The van der Waals surface area contributed by atoms with E-state index in [0.29, 0.717) is 0 Å². The third-order valence-corrected chi connectivity index (χ3v) is 2.46. The molecule has 0 radical (unpaired) electrons. The highest BCUT2D eigenvalue weighted by Crippen LogP contribution is 2.20. The predicted octanol–water partition coefficient (Wildman–Crippen LogP) is 1.60. The lowest BCUT2D eigenvalue weighted by molar-refractivity contribution is 0.186. The minimum atomic E-state index is -0.528. The molecule has 3 N–H and O–H groups in total. The van der Waals surface area contributed by atoms with Gasteiger partial charge in [-0.15, -0.1) is 0 Å². The summed E-state index contributed by atoms with van der Waals surface area (Å²) in [5.41, 5.74) is 9.93. The maximum atomic E-state index is 9.60. The van der Waals surface area contributed by atoms with Gasteiger partial charge in [0.1, 0.15) is 0 Å². The minimum Gasteiger partial charge on any atom is -0.387 e. The van der Waals surface area contributed by atoms with Gasteiger partial charge in [-0.05, 0) is 43.0 Å². The SMILES string of the molecule is Cc1cc(C)c([C@@H](O)CN)cc1C. The van der Waals surface area contributed by atoms with E-state index in [9.17, 15) is 5.11 Å². The fraction of sp³-hybridized carbons (Fsp3) is 0.455. The summed E-state index contributed by atoms with van der Waals surface area (Å²) in [6.07, 6.45) is -0.528. The van der Waals surface area contributed by atoms with Gasteiger partial charge in [0.05, 0.1) is 6.10 Å². The monoisotopic (exact) mass is 179 g/mol. The minimum absolute atomic E-state index is 0.281. The van der Waals surface area contributed by atoms with Crippen molar-refractivity contribution in [3.63, 3.8) is 0 Å². The molecule has 72 valence electrons. The molecule has 0 aliphatic heterocycles. The van der Waals surface area contributed by atoms with Crippen LogP contribution in [0.1, 0.15) is 28.4 Å². The molecule has 0 amide bonds. The maximum Gasteiger partial charge on any atom is 0.0914 e. The second-order valence-corrected chi connectivity index (χ2v) is 3.54. The van der Waals surface area contributed by atoms with Gasteiger partial charge in [0.2, 0.25) is 0 Å². The van der Waals surface area contributed by atoms with Gasteiger partial charge in [0.25, 0.3) is 0 Å². The van der Waals surface area contributed by atoms with Gasteiger partial charge < -0.3 is 10.8 Å². The van der Waals surface area contributed by atoms with Gasteiger partial charge in [-0.2, -0.15) is 0 Å². The summed E-state index contributed by atoms with van der Waals surface area (Å²) >= 11 is 0. The molecule has 0 aliphatic rings. The smallest absolute Gasteiger partial charge is 0.0914 e. The molecule has 0 unspecified atom stereocenters. The van der Waals surface area contributed by atoms with Crippen molar-refractivity contribution in [1.82, 2.24) is 0 Å². The average molecular weight is 179 g/mol. The number of aliphatic hydroxyl groups excluding tert-OH is 1. The van der Waals surface area contributed by atoms with E-state index in [0.717, 1.165) is 11.1 Å². The maximum absolute atomic E-state index is 9.60. The number of hydrogen-bond acceptors (Lipinski definition) is 2. The molecule has 0 saturated heterocycles. The Labute approximate surface area is 79.4 Å². The van der Waals surface area contributed by atoms with E-state index in [1.165, 1.54) is 11.1 Å². The fourth-order valence-corrected chi connectivity index (χ4v) is 1.47. The number of rotatable bonds is 2. The van der Waals surface area contributed by atoms with Crippen LogP contribution in [-0.2, 0) is 0 Å². The molecule has 2 nitrogen and oxygen atoms in total. The molecule has 0 aliphatic carbocycles. The average Bonchev–Trinajstić information content (AvgIpc) is 2.10. The first-order valence-corrected chi connectivity index (χ1v) is 4.52. The normalized spacial score (nSPS) is 13.0. The lowest BCUT2D eigenvalue weighted by atomic mass is 9.97. The standard InChI is InChI=1S/C11H17NO/c1-7-4-9(3)10(5-8(7)2)11(13)6-12/h4-5,11,13H,6,12H2,1-3H3/t11-/m0/s1. The van der Waals surface area contributed by atoms with Crippen LogP contribution < -0.4 is 5.73 Å². The molecule has 1 aromatic carbocycles. The van der Waals surface area contributed by atoms with E-state index >= 15 is 0 Å². The van der Waals surface area contributed by atoms with Crippen molar-refractivity contribution in [2.24, 2.45) is 5.73 Å². The molecule has 1 atom stereocenters. The zero-order valence-corrected chi connectivity index (χ0v) is 8.46. The molecule has 1 rings (SSSR count). The first kappa shape index (κ1) is 10.2. The van der Waals surface area contributed by atoms with E-state index in [2.05, 4.69) is 13.0 Å². The van der Waals surface area contributed by atoms with Gasteiger partial charge in [-0.25, -0.2) is 0 Å². The molecule has 0 fully saturated rings. The first-order valence-electron chi connectivity index (χ1n) is 4.52. The molecule has 2 heteroatoms. The third-order valence-electron chi connectivity index (χ3n) is 2.46. The molecule has 0 bridgehead atoms. The lowest BCUT2D eigenvalue weighted by Crippen LogP contribution is -2.13. The van der Waals surface area contributed by atoms with E-state index < -0.39 is 6.10 Å². The fourth-order valence-electron chi connectivity index (χ4n) is 1.47. The van der Waals surface area contributed by atoms with Crippen molar-refractivity contribution in [3.05, 3.63) is 34.4 Å². The van der Waals surface area contributed by atoms with Crippen LogP contribution in [0.25, 0.3) is 0 Å². The molecule has 1 aromatic rings. The van der Waals surface area contributed by atoms with Crippen LogP contribution in [0.2, 0.25) is 0 Å². The molecular weight excluding hydrogens is 162 g/mol. The molecule has 0 spiro atoms. The Balaban J connectivity index is 3.15. The Morgan fingerprint density at radius 3 is 2.23 bits per heavy atom. The topological polar surface area (TPSA) is 46.2 Å². The Hall–Kier alpha value is -0.860. The van der Waals surface area contributed by atoms with Gasteiger partial charge in [0.15, 0.2) is 0 Å². The van der Waals surface area contributed by atoms with Crippen molar-refractivity contribution in [1.29, 1.82) is 0 Å². The molecule has 0 saturated carbocycles. The summed E-state index contributed by atoms with van der Waals surface area (Å²) in [6.45, 7) is 6.40. The van der Waals surface area contributed by atoms with Crippen LogP contribution in [0.4, 0.5) is 0 Å². The second-order valence-electron chi connectivity index (χ2n) is 3.54. The Bertz CT molecular complexity index is 307. The third kappa shape index (κ3) is 2.08. The number of aryl methyl sites for hydroxylation is 3. The second kappa shape index (κ2) is 3.90. The van der Waals surface area contributed by atoms with Crippen molar-refractivity contribution in [3.8, 4) is 0 Å². The Morgan fingerprint density at radius 2 is 1.69 bits per heavy atom. The number of benzene rings is 1. The predicted molar refractivity (Wildman–Crippen MR) is 54.7 cm³/mol. The van der Waals surface area contributed by atoms with Crippen LogP contribution >= 0.6 is 0 Å². The summed E-state index contributed by atoms with van der Waals surface area (Å²) in [5, 5.41) is 9.60. The van der Waals surface area contributed by atoms with Crippen molar-refractivity contribution >= 4 is 0 Å². The van der Waals surface area contributed by atoms with Gasteiger partial charge >= 0.3 is 0 Å². The zero-order valence-electron chi connectivity index (χ0n) is 8.46. The zero-order chi connectivity index (χ0) is 10.0. The Morgan fingerprint density at radius 1 is 1.15 bits per heavy atom. The van der Waals surface area contributed by atoms with E-state index in [1.54, 1.807) is 0 Å². The summed E-state index contributed by atoms with van der Waals surface area (Å²) in [4.78, 5) is 0. The lowest BCUT2D eigenvalue weighted by Gasteiger charge is -2.13. The van der Waals surface area contributed by atoms with E-state index in [4.69, 9.17) is 5.73 Å². The molecule has 13 heavy (non-hydrogen) atoms. The molecule has 0 aromatic heterocycles. The van der Waals surface area contributed by atoms with Crippen molar-refractivity contribution in [2.45, 2.75) is 26.9 Å². The Kier molecular flexibility index (Phi) is 3.07. The van der Waals surface area contributed by atoms with Crippen LogP contribution in [0.3, 0.4) is 0 Å². The highest BCUT2D eigenvalue weighted by molar-refractivity contribution is 5.37. The van der Waals surface area contributed by atoms with Gasteiger partial charge in [0, 0.05) is 6.54 Å². The van der Waals surface area contributed by atoms with Crippen LogP contribution in [-0.4, -0.2) is 11.7 Å². The highest BCUT2D eigenvalue weighted by Gasteiger charge is 2.09. The van der Waals surface area contributed by atoms with Crippen LogP contribution in [0, 0.1) is 20.8 Å².